The van der Waals surface area contributed by atoms with Crippen LogP contribution in [0.4, 0.5) is 15.9 Å². The molecule has 8 heteroatoms. The van der Waals surface area contributed by atoms with Crippen molar-refractivity contribution in [2.45, 2.75) is 20.0 Å². The molecule has 0 unspecified atom stereocenters. The van der Waals surface area contributed by atoms with Crippen molar-refractivity contribution in [3.05, 3.63) is 42.9 Å². The van der Waals surface area contributed by atoms with Crippen molar-refractivity contribution in [2.24, 2.45) is 0 Å². The van der Waals surface area contributed by atoms with Crippen molar-refractivity contribution in [1.82, 2.24) is 19.9 Å². The molecule has 1 aromatic carbocycles. The van der Waals surface area contributed by atoms with Crippen LogP contribution in [0, 0.1) is 5.82 Å². The van der Waals surface area contributed by atoms with Gasteiger partial charge in [-0.3, -0.25) is 0 Å². The minimum absolute atomic E-state index is 0.0399. The third-order valence-corrected chi connectivity index (χ3v) is 4.52. The number of piperazine rings is 1. The number of anilines is 2. The van der Waals surface area contributed by atoms with E-state index in [2.05, 4.69) is 37.0 Å². The number of hydrogen-bond donors (Lipinski definition) is 0. The summed E-state index contributed by atoms with van der Waals surface area (Å²) >= 11 is 0. The maximum atomic E-state index is 13.9. The third kappa shape index (κ3) is 3.60. The first-order chi connectivity index (χ1) is 13.1. The summed E-state index contributed by atoms with van der Waals surface area (Å²) in [6.45, 7) is 6.86. The van der Waals surface area contributed by atoms with Gasteiger partial charge in [0.15, 0.2) is 11.6 Å². The second-order valence-corrected chi connectivity index (χ2v) is 6.72. The lowest BCUT2D eigenvalue weighted by Crippen LogP contribution is -2.47. The van der Waals surface area contributed by atoms with Gasteiger partial charge < -0.3 is 14.5 Å². The molecule has 0 atom stereocenters. The van der Waals surface area contributed by atoms with Gasteiger partial charge in [0.2, 0.25) is 5.88 Å². The minimum Gasteiger partial charge on any atom is -0.474 e. The van der Waals surface area contributed by atoms with Crippen LogP contribution in [0.3, 0.4) is 0 Å². The minimum atomic E-state index is -0.385. The standard InChI is InChI=1S/C19H21FN6O/c1-13(2)27-19-15-9-14(3-4-17(15)22-12-24-19)25-5-7-26(8-6-25)18-16(20)10-21-11-23-18/h3-4,9-13H,5-8H2,1-2H3. The van der Waals surface area contributed by atoms with Crippen molar-refractivity contribution in [3.63, 3.8) is 0 Å². The van der Waals surface area contributed by atoms with Crippen LogP contribution in [0.15, 0.2) is 37.1 Å². The van der Waals surface area contributed by atoms with E-state index in [1.807, 2.05) is 24.8 Å². The molecule has 140 valence electrons. The molecule has 0 radical (unpaired) electrons. The van der Waals surface area contributed by atoms with E-state index in [1.54, 1.807) is 0 Å². The number of nitrogens with zero attached hydrogens (tertiary/aromatic N) is 6. The molecule has 0 aliphatic carbocycles. The van der Waals surface area contributed by atoms with E-state index in [0.29, 0.717) is 24.8 Å². The van der Waals surface area contributed by atoms with Crippen molar-refractivity contribution in [1.29, 1.82) is 0 Å². The molecule has 1 aliphatic heterocycles. The molecule has 7 nitrogen and oxygen atoms in total. The Labute approximate surface area is 156 Å². The Morgan fingerprint density at radius 3 is 2.52 bits per heavy atom. The van der Waals surface area contributed by atoms with Gasteiger partial charge >= 0.3 is 0 Å². The van der Waals surface area contributed by atoms with Gasteiger partial charge in [0.25, 0.3) is 0 Å². The molecular formula is C19H21FN6O. The lowest BCUT2D eigenvalue weighted by Gasteiger charge is -2.36. The van der Waals surface area contributed by atoms with Crippen LogP contribution >= 0.6 is 0 Å². The van der Waals surface area contributed by atoms with Gasteiger partial charge in [0.05, 0.1) is 23.2 Å². The van der Waals surface area contributed by atoms with Crippen LogP contribution in [-0.2, 0) is 0 Å². The highest BCUT2D eigenvalue weighted by molar-refractivity contribution is 5.86. The largest absolute Gasteiger partial charge is 0.474 e. The number of fused-ring (bicyclic) bond motifs is 1. The first-order valence-electron chi connectivity index (χ1n) is 8.98. The van der Waals surface area contributed by atoms with E-state index >= 15 is 0 Å². The van der Waals surface area contributed by atoms with Crippen LogP contribution in [0.2, 0.25) is 0 Å². The maximum absolute atomic E-state index is 13.9. The molecule has 1 fully saturated rings. The zero-order valence-corrected chi connectivity index (χ0v) is 15.3. The Balaban J connectivity index is 1.54. The molecule has 0 spiro atoms. The van der Waals surface area contributed by atoms with E-state index in [0.717, 1.165) is 29.7 Å². The van der Waals surface area contributed by atoms with E-state index < -0.39 is 0 Å². The molecule has 1 aliphatic rings. The van der Waals surface area contributed by atoms with E-state index in [4.69, 9.17) is 4.74 Å². The van der Waals surface area contributed by atoms with Crippen molar-refractivity contribution in [2.75, 3.05) is 36.0 Å². The average molecular weight is 368 g/mol. The summed E-state index contributed by atoms with van der Waals surface area (Å²) in [6, 6.07) is 6.10. The fraction of sp³-hybridized carbons (Fsp3) is 0.368. The van der Waals surface area contributed by atoms with Crippen molar-refractivity contribution >= 4 is 22.4 Å². The number of benzene rings is 1. The molecule has 1 saturated heterocycles. The summed E-state index contributed by atoms with van der Waals surface area (Å²) in [7, 11) is 0. The fourth-order valence-electron chi connectivity index (χ4n) is 3.25. The van der Waals surface area contributed by atoms with E-state index in [1.165, 1.54) is 18.9 Å². The summed E-state index contributed by atoms with van der Waals surface area (Å²) in [4.78, 5) is 20.6. The summed E-state index contributed by atoms with van der Waals surface area (Å²) in [5.41, 5.74) is 1.93. The van der Waals surface area contributed by atoms with Crippen LogP contribution in [0.1, 0.15) is 13.8 Å². The highest BCUT2D eigenvalue weighted by Gasteiger charge is 2.21. The molecule has 3 heterocycles. The van der Waals surface area contributed by atoms with Crippen LogP contribution < -0.4 is 14.5 Å². The number of aromatic nitrogens is 4. The van der Waals surface area contributed by atoms with Gasteiger partial charge in [-0.1, -0.05) is 0 Å². The topological polar surface area (TPSA) is 67.3 Å². The second-order valence-electron chi connectivity index (χ2n) is 6.72. The van der Waals surface area contributed by atoms with Crippen molar-refractivity contribution in [3.8, 4) is 5.88 Å². The third-order valence-electron chi connectivity index (χ3n) is 4.52. The predicted octanol–water partition coefficient (Wildman–Crippen LogP) is 2.67. The molecule has 2 aromatic heterocycles. The summed E-state index contributed by atoms with van der Waals surface area (Å²) in [5, 5.41) is 0.896. The number of ether oxygens (including phenoxy) is 1. The smallest absolute Gasteiger partial charge is 0.224 e. The van der Waals surface area contributed by atoms with Gasteiger partial charge in [-0.05, 0) is 32.0 Å². The first kappa shape index (κ1) is 17.4. The van der Waals surface area contributed by atoms with Crippen molar-refractivity contribution < 1.29 is 9.13 Å². The molecule has 0 saturated carbocycles. The maximum Gasteiger partial charge on any atom is 0.224 e. The number of halogens is 1. The number of rotatable bonds is 4. The Kier molecular flexibility index (Phi) is 4.70. The Morgan fingerprint density at radius 2 is 1.78 bits per heavy atom. The first-order valence-corrected chi connectivity index (χ1v) is 8.98. The zero-order valence-electron chi connectivity index (χ0n) is 15.3. The molecular weight excluding hydrogens is 347 g/mol. The van der Waals surface area contributed by atoms with E-state index in [9.17, 15) is 4.39 Å². The fourth-order valence-corrected chi connectivity index (χ4v) is 3.25. The summed E-state index contributed by atoms with van der Waals surface area (Å²) in [5.74, 6) is 0.576. The molecule has 4 rings (SSSR count). The van der Waals surface area contributed by atoms with E-state index in [-0.39, 0.29) is 11.9 Å². The monoisotopic (exact) mass is 368 g/mol. The SMILES string of the molecule is CC(C)Oc1ncnc2ccc(N3CCN(c4ncncc4F)CC3)cc12. The zero-order chi connectivity index (χ0) is 18.8. The highest BCUT2D eigenvalue weighted by atomic mass is 19.1. The van der Waals surface area contributed by atoms with Crippen LogP contribution in [0.5, 0.6) is 5.88 Å². The van der Waals surface area contributed by atoms with Crippen LogP contribution in [-0.4, -0.2) is 52.2 Å². The Bertz CT molecular complexity index is 942. The molecule has 27 heavy (non-hydrogen) atoms. The average Bonchev–Trinajstić information content (AvgIpc) is 2.68. The van der Waals surface area contributed by atoms with Gasteiger partial charge in [0.1, 0.15) is 12.7 Å². The summed E-state index contributed by atoms with van der Waals surface area (Å²) in [6.07, 6.45) is 4.14. The second kappa shape index (κ2) is 7.30. The lowest BCUT2D eigenvalue weighted by molar-refractivity contribution is 0.235. The molecule has 0 N–H and O–H groups in total. The predicted molar refractivity (Wildman–Crippen MR) is 102 cm³/mol. The Morgan fingerprint density at radius 1 is 1.00 bits per heavy atom. The van der Waals surface area contributed by atoms with Crippen LogP contribution in [0.25, 0.3) is 10.9 Å². The Hall–Kier alpha value is -3.03. The molecule has 3 aromatic rings. The van der Waals surface area contributed by atoms with Gasteiger partial charge in [-0.25, -0.2) is 24.3 Å². The van der Waals surface area contributed by atoms with Gasteiger partial charge in [0, 0.05) is 31.9 Å². The van der Waals surface area contributed by atoms with Gasteiger partial charge in [-0.2, -0.15) is 0 Å². The van der Waals surface area contributed by atoms with Gasteiger partial charge in [-0.15, -0.1) is 0 Å². The quantitative estimate of drug-likeness (QED) is 0.701. The number of hydrogen-bond acceptors (Lipinski definition) is 7. The highest BCUT2D eigenvalue weighted by Crippen LogP contribution is 2.28. The molecule has 0 amide bonds. The molecule has 0 bridgehead atoms. The summed E-state index contributed by atoms with van der Waals surface area (Å²) < 4.78 is 19.7. The lowest BCUT2D eigenvalue weighted by atomic mass is 10.2. The normalized spacial score (nSPS) is 14.8.